The first kappa shape index (κ1) is 15.8. The van der Waals surface area contributed by atoms with Gasteiger partial charge in [-0.1, -0.05) is 18.2 Å². The SMILES string of the molecule is C[C@H](C(=O)Nc1ccccc1)N1CCC[C@@H](C(F)(F)F)C1. The molecule has 0 spiro atoms. The molecule has 0 aliphatic carbocycles. The first-order valence-electron chi connectivity index (χ1n) is 7.04. The number of nitrogens with one attached hydrogen (secondary N) is 1. The lowest BCUT2D eigenvalue weighted by molar-refractivity contribution is -0.188. The van der Waals surface area contributed by atoms with Gasteiger partial charge in [-0.3, -0.25) is 9.69 Å². The fraction of sp³-hybridized carbons (Fsp3) is 0.533. The van der Waals surface area contributed by atoms with Crippen molar-refractivity contribution in [2.45, 2.75) is 32.0 Å². The third kappa shape index (κ3) is 4.20. The molecule has 1 aromatic rings. The molecule has 0 aromatic heterocycles. The highest BCUT2D eigenvalue weighted by atomic mass is 19.4. The molecular formula is C15H19F3N2O. The molecule has 2 rings (SSSR count). The summed E-state index contributed by atoms with van der Waals surface area (Å²) in [4.78, 5) is 13.7. The summed E-state index contributed by atoms with van der Waals surface area (Å²) in [5, 5.41) is 2.73. The summed E-state index contributed by atoms with van der Waals surface area (Å²) >= 11 is 0. The first-order valence-corrected chi connectivity index (χ1v) is 7.04. The Kier molecular flexibility index (Phi) is 4.88. The summed E-state index contributed by atoms with van der Waals surface area (Å²) in [5.41, 5.74) is 0.652. The maximum atomic E-state index is 12.8. The monoisotopic (exact) mass is 300 g/mol. The lowest BCUT2D eigenvalue weighted by Gasteiger charge is -2.36. The van der Waals surface area contributed by atoms with Crippen LogP contribution < -0.4 is 5.32 Å². The maximum absolute atomic E-state index is 12.8. The zero-order valence-electron chi connectivity index (χ0n) is 11.9. The predicted molar refractivity (Wildman–Crippen MR) is 74.9 cm³/mol. The Bertz CT molecular complexity index is 476. The van der Waals surface area contributed by atoms with Gasteiger partial charge in [0, 0.05) is 12.2 Å². The van der Waals surface area contributed by atoms with Crippen LogP contribution in [0, 0.1) is 5.92 Å². The van der Waals surface area contributed by atoms with E-state index < -0.39 is 18.1 Å². The molecule has 6 heteroatoms. The lowest BCUT2D eigenvalue weighted by atomic mass is 9.96. The van der Waals surface area contributed by atoms with Crippen LogP contribution in [0.25, 0.3) is 0 Å². The van der Waals surface area contributed by atoms with Crippen LogP contribution in [0.5, 0.6) is 0 Å². The van der Waals surface area contributed by atoms with E-state index >= 15 is 0 Å². The second-order valence-electron chi connectivity index (χ2n) is 5.41. The number of rotatable bonds is 3. The van der Waals surface area contributed by atoms with Gasteiger partial charge in [0.25, 0.3) is 0 Å². The molecule has 0 bridgehead atoms. The van der Waals surface area contributed by atoms with Gasteiger partial charge in [0.1, 0.15) is 0 Å². The normalized spacial score (nSPS) is 21.8. The van der Waals surface area contributed by atoms with E-state index in [0.29, 0.717) is 18.7 Å². The van der Waals surface area contributed by atoms with Crippen LogP contribution in [0.3, 0.4) is 0 Å². The number of carbonyl (C=O) groups is 1. The number of halogens is 3. The summed E-state index contributed by atoms with van der Waals surface area (Å²) < 4.78 is 38.4. The summed E-state index contributed by atoms with van der Waals surface area (Å²) in [6.45, 7) is 2.07. The van der Waals surface area contributed by atoms with Gasteiger partial charge < -0.3 is 5.32 Å². The second-order valence-corrected chi connectivity index (χ2v) is 5.41. The van der Waals surface area contributed by atoms with E-state index in [1.807, 2.05) is 6.07 Å². The van der Waals surface area contributed by atoms with Crippen molar-refractivity contribution in [3.8, 4) is 0 Å². The van der Waals surface area contributed by atoms with E-state index in [2.05, 4.69) is 5.32 Å². The molecule has 0 radical (unpaired) electrons. The molecule has 0 saturated carbocycles. The molecular weight excluding hydrogens is 281 g/mol. The van der Waals surface area contributed by atoms with E-state index in [0.717, 1.165) is 0 Å². The molecule has 1 heterocycles. The molecule has 1 amide bonds. The first-order chi connectivity index (χ1) is 9.88. The molecule has 1 aliphatic rings. The van der Waals surface area contributed by atoms with Crippen LogP contribution in [0.4, 0.5) is 18.9 Å². The van der Waals surface area contributed by atoms with Crippen LogP contribution >= 0.6 is 0 Å². The molecule has 0 unspecified atom stereocenters. The number of amides is 1. The van der Waals surface area contributed by atoms with E-state index in [9.17, 15) is 18.0 Å². The third-order valence-corrected chi connectivity index (χ3v) is 3.88. The summed E-state index contributed by atoms with van der Waals surface area (Å²) in [6, 6.07) is 8.34. The summed E-state index contributed by atoms with van der Waals surface area (Å²) in [6.07, 6.45) is -3.57. The van der Waals surface area contributed by atoms with Gasteiger partial charge in [0.15, 0.2) is 0 Å². The van der Waals surface area contributed by atoms with Gasteiger partial charge >= 0.3 is 6.18 Å². The molecule has 21 heavy (non-hydrogen) atoms. The quantitative estimate of drug-likeness (QED) is 0.929. The van der Waals surface area contributed by atoms with Crippen molar-refractivity contribution in [2.24, 2.45) is 5.92 Å². The van der Waals surface area contributed by atoms with Crippen molar-refractivity contribution in [3.63, 3.8) is 0 Å². The standard InChI is InChI=1S/C15H19F3N2O/c1-11(14(21)19-13-7-3-2-4-8-13)20-9-5-6-12(10-20)15(16,17)18/h2-4,7-8,11-12H,5-6,9-10H2,1H3,(H,19,21)/t11-,12-/m1/s1. The number of para-hydroxylation sites is 1. The van der Waals surface area contributed by atoms with Crippen molar-refractivity contribution < 1.29 is 18.0 Å². The molecule has 2 atom stereocenters. The molecule has 3 nitrogen and oxygen atoms in total. The number of piperidine rings is 1. The number of hydrogen-bond acceptors (Lipinski definition) is 2. The van der Waals surface area contributed by atoms with Gasteiger partial charge in [0.05, 0.1) is 12.0 Å². The molecule has 1 aromatic carbocycles. The zero-order chi connectivity index (χ0) is 15.5. The maximum Gasteiger partial charge on any atom is 0.393 e. The largest absolute Gasteiger partial charge is 0.393 e. The second kappa shape index (κ2) is 6.47. The van der Waals surface area contributed by atoms with Crippen molar-refractivity contribution in [1.29, 1.82) is 0 Å². The minimum atomic E-state index is -4.19. The van der Waals surface area contributed by atoms with Gasteiger partial charge in [-0.2, -0.15) is 13.2 Å². The van der Waals surface area contributed by atoms with Crippen LogP contribution in [0.15, 0.2) is 30.3 Å². The Morgan fingerprint density at radius 2 is 2.00 bits per heavy atom. The zero-order valence-corrected chi connectivity index (χ0v) is 11.9. The van der Waals surface area contributed by atoms with Crippen LogP contribution in [0.1, 0.15) is 19.8 Å². The van der Waals surface area contributed by atoms with E-state index in [1.165, 1.54) is 0 Å². The van der Waals surface area contributed by atoms with E-state index in [-0.39, 0.29) is 18.9 Å². The Balaban J connectivity index is 1.96. The minimum Gasteiger partial charge on any atom is -0.325 e. The molecule has 1 saturated heterocycles. The van der Waals surface area contributed by atoms with Crippen molar-refractivity contribution >= 4 is 11.6 Å². The topological polar surface area (TPSA) is 32.3 Å². The third-order valence-electron chi connectivity index (χ3n) is 3.88. The average Bonchev–Trinajstić information content (AvgIpc) is 2.46. The van der Waals surface area contributed by atoms with Crippen LogP contribution in [-0.2, 0) is 4.79 Å². The van der Waals surface area contributed by atoms with Crippen molar-refractivity contribution in [3.05, 3.63) is 30.3 Å². The molecule has 1 N–H and O–H groups in total. The molecule has 116 valence electrons. The lowest BCUT2D eigenvalue weighted by Crippen LogP contribution is -2.49. The highest BCUT2D eigenvalue weighted by Crippen LogP contribution is 2.33. The average molecular weight is 300 g/mol. The fourth-order valence-corrected chi connectivity index (χ4v) is 2.56. The highest BCUT2D eigenvalue weighted by molar-refractivity contribution is 5.94. The Labute approximate surface area is 122 Å². The van der Waals surface area contributed by atoms with Gasteiger partial charge in [-0.15, -0.1) is 0 Å². The molecule has 1 aliphatic heterocycles. The minimum absolute atomic E-state index is 0.104. The predicted octanol–water partition coefficient (Wildman–Crippen LogP) is 3.29. The number of alkyl halides is 3. The number of hydrogen-bond donors (Lipinski definition) is 1. The van der Waals surface area contributed by atoms with Crippen LogP contribution in [-0.4, -0.2) is 36.1 Å². The number of carbonyl (C=O) groups excluding carboxylic acids is 1. The van der Waals surface area contributed by atoms with Gasteiger partial charge in [-0.05, 0) is 38.4 Å². The number of benzene rings is 1. The summed E-state index contributed by atoms with van der Waals surface area (Å²) in [7, 11) is 0. The van der Waals surface area contributed by atoms with Gasteiger partial charge in [-0.25, -0.2) is 0 Å². The number of nitrogens with zero attached hydrogens (tertiary/aromatic N) is 1. The number of anilines is 1. The number of likely N-dealkylation sites (tertiary alicyclic amines) is 1. The summed E-state index contributed by atoms with van der Waals surface area (Å²) in [5.74, 6) is -1.61. The highest BCUT2D eigenvalue weighted by Gasteiger charge is 2.43. The fourth-order valence-electron chi connectivity index (χ4n) is 2.56. The van der Waals surface area contributed by atoms with Crippen LogP contribution in [0.2, 0.25) is 0 Å². The molecule has 1 fully saturated rings. The smallest absolute Gasteiger partial charge is 0.325 e. The van der Waals surface area contributed by atoms with E-state index in [1.54, 1.807) is 36.1 Å². The Hall–Kier alpha value is -1.56. The van der Waals surface area contributed by atoms with Crippen molar-refractivity contribution in [1.82, 2.24) is 4.90 Å². The van der Waals surface area contributed by atoms with Gasteiger partial charge in [0.2, 0.25) is 5.91 Å². The van der Waals surface area contributed by atoms with Crippen molar-refractivity contribution in [2.75, 3.05) is 18.4 Å². The Morgan fingerprint density at radius 3 is 2.62 bits per heavy atom. The van der Waals surface area contributed by atoms with E-state index in [4.69, 9.17) is 0 Å². The Morgan fingerprint density at radius 1 is 1.33 bits per heavy atom.